The summed E-state index contributed by atoms with van der Waals surface area (Å²) in [5.74, 6) is 0.108. The first-order chi connectivity index (χ1) is 5.16. The van der Waals surface area contributed by atoms with Crippen molar-refractivity contribution in [3.63, 3.8) is 0 Å². The molecule has 0 spiro atoms. The zero-order valence-corrected chi connectivity index (χ0v) is 7.52. The quantitative estimate of drug-likeness (QED) is 0.606. The topological polar surface area (TPSA) is 38.3 Å². The van der Waals surface area contributed by atoms with Crippen LogP contribution >= 0.6 is 0 Å². The maximum absolute atomic E-state index is 11.0. The van der Waals surface area contributed by atoms with Crippen molar-refractivity contribution in [3.8, 4) is 0 Å². The van der Waals surface area contributed by atoms with Gasteiger partial charge >= 0.3 is 0 Å². The molecule has 0 saturated carbocycles. The second-order valence-corrected chi connectivity index (χ2v) is 2.82. The lowest BCUT2D eigenvalue weighted by atomic mass is 10.3. The molecule has 0 bridgehead atoms. The maximum Gasteiger partial charge on any atom is 0.220 e. The summed E-state index contributed by atoms with van der Waals surface area (Å²) in [7, 11) is 1.64. The number of methoxy groups -OCH3 is 1. The van der Waals surface area contributed by atoms with Crippen LogP contribution in [0.15, 0.2) is 0 Å². The number of amides is 1. The highest BCUT2D eigenvalue weighted by Gasteiger charge is 2.01. The molecule has 0 rings (SSSR count). The Morgan fingerprint density at radius 1 is 1.55 bits per heavy atom. The van der Waals surface area contributed by atoms with E-state index in [0.29, 0.717) is 13.0 Å². The van der Waals surface area contributed by atoms with E-state index in [1.165, 1.54) is 0 Å². The molecule has 0 aliphatic carbocycles. The predicted octanol–water partition coefficient (Wildman–Crippen LogP) is 0.938. The fourth-order valence-electron chi connectivity index (χ4n) is 0.771. The van der Waals surface area contributed by atoms with Crippen LogP contribution in [0.5, 0.6) is 0 Å². The molecule has 0 aliphatic heterocycles. The zero-order chi connectivity index (χ0) is 8.69. The number of hydrogen-bond donors (Lipinski definition) is 1. The lowest BCUT2D eigenvalue weighted by molar-refractivity contribution is -0.121. The fourth-order valence-corrected chi connectivity index (χ4v) is 0.771. The highest BCUT2D eigenvalue weighted by atomic mass is 16.5. The molecule has 0 radical (unpaired) electrons. The van der Waals surface area contributed by atoms with Gasteiger partial charge in [0.2, 0.25) is 5.91 Å². The monoisotopic (exact) mass is 159 g/mol. The number of rotatable bonds is 5. The molecule has 0 saturated heterocycles. The number of hydrogen-bond acceptors (Lipinski definition) is 2. The van der Waals surface area contributed by atoms with Crippen molar-refractivity contribution in [1.29, 1.82) is 0 Å². The van der Waals surface area contributed by atoms with Crippen LogP contribution in [0.1, 0.15) is 26.7 Å². The molecule has 0 aromatic rings. The Labute approximate surface area is 68.1 Å². The Morgan fingerprint density at radius 2 is 2.18 bits per heavy atom. The van der Waals surface area contributed by atoms with Crippen LogP contribution in [-0.2, 0) is 9.53 Å². The molecule has 1 N–H and O–H groups in total. The lowest BCUT2D eigenvalue weighted by Gasteiger charge is -2.07. The van der Waals surface area contributed by atoms with Gasteiger partial charge in [-0.1, -0.05) is 0 Å². The molecule has 0 heterocycles. The summed E-state index contributed by atoms with van der Waals surface area (Å²) in [6.07, 6.45) is 1.36. The van der Waals surface area contributed by atoms with Crippen LogP contribution < -0.4 is 5.32 Å². The summed E-state index contributed by atoms with van der Waals surface area (Å²) in [6.45, 7) is 4.56. The van der Waals surface area contributed by atoms with E-state index < -0.39 is 0 Å². The molecule has 0 aromatic heterocycles. The van der Waals surface area contributed by atoms with Crippen LogP contribution in [0, 0.1) is 0 Å². The molecule has 11 heavy (non-hydrogen) atoms. The smallest absolute Gasteiger partial charge is 0.220 e. The van der Waals surface area contributed by atoms with Crippen molar-refractivity contribution in [2.75, 3.05) is 13.7 Å². The molecule has 0 aliphatic rings. The predicted molar refractivity (Wildman–Crippen MR) is 44.4 cm³/mol. The first-order valence-corrected chi connectivity index (χ1v) is 3.95. The van der Waals surface area contributed by atoms with Crippen molar-refractivity contribution in [2.24, 2.45) is 0 Å². The molecule has 0 atom stereocenters. The summed E-state index contributed by atoms with van der Waals surface area (Å²) in [6, 6.07) is 0.241. The van der Waals surface area contributed by atoms with Crippen LogP contribution in [0.4, 0.5) is 0 Å². The number of carbonyl (C=O) groups is 1. The molecule has 3 nitrogen and oxygen atoms in total. The lowest BCUT2D eigenvalue weighted by Crippen LogP contribution is -2.29. The van der Waals surface area contributed by atoms with Gasteiger partial charge in [-0.25, -0.2) is 0 Å². The van der Waals surface area contributed by atoms with E-state index in [1.807, 2.05) is 13.8 Å². The van der Waals surface area contributed by atoms with Crippen molar-refractivity contribution in [3.05, 3.63) is 0 Å². The molecule has 0 fully saturated rings. The SMILES string of the molecule is COCCCC(=O)NC(C)C. The molecular formula is C8H17NO2. The first-order valence-electron chi connectivity index (χ1n) is 3.95. The fraction of sp³-hybridized carbons (Fsp3) is 0.875. The third-order valence-corrected chi connectivity index (χ3v) is 1.20. The average Bonchev–Trinajstić information content (AvgIpc) is 1.86. The van der Waals surface area contributed by atoms with Gasteiger partial charge in [-0.15, -0.1) is 0 Å². The van der Waals surface area contributed by atoms with E-state index in [9.17, 15) is 4.79 Å². The van der Waals surface area contributed by atoms with Crippen molar-refractivity contribution < 1.29 is 9.53 Å². The van der Waals surface area contributed by atoms with Crippen molar-refractivity contribution in [1.82, 2.24) is 5.32 Å². The van der Waals surface area contributed by atoms with Gasteiger partial charge in [0.05, 0.1) is 0 Å². The van der Waals surface area contributed by atoms with Crippen molar-refractivity contribution in [2.45, 2.75) is 32.7 Å². The minimum absolute atomic E-state index is 0.108. The highest BCUT2D eigenvalue weighted by molar-refractivity contribution is 5.76. The summed E-state index contributed by atoms with van der Waals surface area (Å²) in [4.78, 5) is 11.0. The number of nitrogens with one attached hydrogen (secondary N) is 1. The van der Waals surface area contributed by atoms with Gasteiger partial charge in [0, 0.05) is 26.2 Å². The minimum Gasteiger partial charge on any atom is -0.385 e. The molecule has 0 aromatic carbocycles. The summed E-state index contributed by atoms with van der Waals surface area (Å²) in [5, 5.41) is 2.81. The Balaban J connectivity index is 3.23. The third kappa shape index (κ3) is 7.33. The summed E-state index contributed by atoms with van der Waals surface area (Å²) >= 11 is 0. The van der Waals surface area contributed by atoms with E-state index in [-0.39, 0.29) is 11.9 Å². The van der Waals surface area contributed by atoms with Crippen LogP contribution in [-0.4, -0.2) is 25.7 Å². The highest BCUT2D eigenvalue weighted by Crippen LogP contribution is 1.90. The zero-order valence-electron chi connectivity index (χ0n) is 7.52. The molecule has 1 amide bonds. The van der Waals surface area contributed by atoms with Crippen LogP contribution in [0.2, 0.25) is 0 Å². The minimum atomic E-state index is 0.108. The van der Waals surface area contributed by atoms with Gasteiger partial charge < -0.3 is 10.1 Å². The van der Waals surface area contributed by atoms with E-state index in [2.05, 4.69) is 5.32 Å². The first kappa shape index (κ1) is 10.4. The molecule has 66 valence electrons. The van der Waals surface area contributed by atoms with E-state index in [4.69, 9.17) is 4.74 Å². The van der Waals surface area contributed by atoms with E-state index in [0.717, 1.165) is 6.42 Å². The number of ether oxygens (including phenoxy) is 1. The maximum atomic E-state index is 11.0. The Bertz CT molecular complexity index is 113. The normalized spacial score (nSPS) is 10.2. The van der Waals surface area contributed by atoms with Gasteiger partial charge in [0.25, 0.3) is 0 Å². The largest absolute Gasteiger partial charge is 0.385 e. The van der Waals surface area contributed by atoms with Gasteiger partial charge in [0.1, 0.15) is 0 Å². The van der Waals surface area contributed by atoms with E-state index >= 15 is 0 Å². The van der Waals surface area contributed by atoms with Gasteiger partial charge in [-0.05, 0) is 20.3 Å². The van der Waals surface area contributed by atoms with Gasteiger partial charge in [0.15, 0.2) is 0 Å². The molecular weight excluding hydrogens is 142 g/mol. The average molecular weight is 159 g/mol. The Morgan fingerprint density at radius 3 is 2.64 bits per heavy atom. The third-order valence-electron chi connectivity index (χ3n) is 1.20. The van der Waals surface area contributed by atoms with Crippen molar-refractivity contribution >= 4 is 5.91 Å². The Hall–Kier alpha value is -0.570. The second kappa shape index (κ2) is 6.16. The second-order valence-electron chi connectivity index (χ2n) is 2.82. The molecule has 3 heteroatoms. The van der Waals surface area contributed by atoms with Crippen LogP contribution in [0.3, 0.4) is 0 Å². The summed E-state index contributed by atoms with van der Waals surface area (Å²) < 4.78 is 4.82. The Kier molecular flexibility index (Phi) is 5.84. The number of carbonyl (C=O) groups excluding carboxylic acids is 1. The van der Waals surface area contributed by atoms with E-state index in [1.54, 1.807) is 7.11 Å². The van der Waals surface area contributed by atoms with Gasteiger partial charge in [-0.3, -0.25) is 4.79 Å². The molecule has 0 unspecified atom stereocenters. The summed E-state index contributed by atoms with van der Waals surface area (Å²) in [5.41, 5.74) is 0. The van der Waals surface area contributed by atoms with Crippen LogP contribution in [0.25, 0.3) is 0 Å². The standard InChI is InChI=1S/C8H17NO2/c1-7(2)9-8(10)5-4-6-11-3/h7H,4-6H2,1-3H3,(H,9,10). The van der Waals surface area contributed by atoms with Gasteiger partial charge in [-0.2, -0.15) is 0 Å².